The van der Waals surface area contributed by atoms with Gasteiger partial charge in [-0.15, -0.1) is 0 Å². The molecule has 5 aromatic carbocycles. The van der Waals surface area contributed by atoms with Gasteiger partial charge in [-0.2, -0.15) is 0 Å². The van der Waals surface area contributed by atoms with Gasteiger partial charge in [-0.1, -0.05) is 412 Å². The van der Waals surface area contributed by atoms with Gasteiger partial charge >= 0.3 is 0 Å². The molecule has 8 aromatic rings. The fourth-order valence-corrected chi connectivity index (χ4v) is 19.3. The summed E-state index contributed by atoms with van der Waals surface area (Å²) in [5, 5.41) is 4.30. The molecule has 0 aliphatic carbocycles. The monoisotopic (exact) mass is 1650 g/mol. The molecule has 3 aromatic heterocycles. The molecule has 9 heteroatoms. The van der Waals surface area contributed by atoms with Gasteiger partial charge in [0.15, 0.2) is 23.3 Å². The average molecular weight is 1650 g/mol. The van der Waals surface area contributed by atoms with Crippen molar-refractivity contribution in [3.63, 3.8) is 0 Å². The van der Waals surface area contributed by atoms with E-state index in [9.17, 15) is 4.79 Å². The first-order valence-electron chi connectivity index (χ1n) is 51.8. The molecular formula is C113H166N8O. The van der Waals surface area contributed by atoms with Crippen LogP contribution < -0.4 is 0 Å². The third kappa shape index (κ3) is 32.9. The van der Waals surface area contributed by atoms with Gasteiger partial charge in [-0.25, -0.2) is 29.9 Å². The lowest BCUT2D eigenvalue weighted by Crippen LogP contribution is -1.98. The van der Waals surface area contributed by atoms with E-state index in [1.165, 1.54) is 419 Å². The second-order valence-corrected chi connectivity index (χ2v) is 37.5. The van der Waals surface area contributed by atoms with Crippen LogP contribution in [0.25, 0.3) is 89.7 Å². The maximum Gasteiger partial charge on any atom is 0.164 e. The van der Waals surface area contributed by atoms with Gasteiger partial charge in [0.1, 0.15) is 28.9 Å². The van der Waals surface area contributed by atoms with Gasteiger partial charge in [0.25, 0.3) is 0 Å². The number of aryl methyl sites for hydroxylation is 6. The normalized spacial score (nSPS) is 11.9. The molecule has 10 rings (SSSR count). The van der Waals surface area contributed by atoms with Crippen molar-refractivity contribution in [3.8, 4) is 57.4 Å². The predicted molar refractivity (Wildman–Crippen MR) is 527 cm³/mol. The topological polar surface area (TPSA) is 126 Å². The Labute approximate surface area is 742 Å². The standard InChI is InChI=1S/C113H166N8O/c1-7-13-19-25-31-37-43-49-55-61-67-92-82-100-101(83-93(92)68-62-56-50-44-38-32-26-20-14-8-2)110-117-108(100)115-106-98-80-79-90(76-73-89-74-77-91(88-122)78-75-89)81-99(98)107(114-106)116-109-102-84-94(69-63-57-51-45-39-33-27-21-15-9-3)95(70-64-58-52-46-40-34-28-22-16-10-4)85-103(102)111(118-109)120-113-105-87-97(72-66-60-54-48-42-36-30-24-18-12-6)96(86-104(105)112(119-110)121-113)71-65-59-53-47-41-35-29-23-17-11-5/h74-75,77-88H,7-72H2,1-6H3,(H2,114,115,116,117,118,119,120,121). The van der Waals surface area contributed by atoms with Crippen molar-refractivity contribution >= 4 is 50.4 Å². The zero-order chi connectivity index (χ0) is 85.1. The van der Waals surface area contributed by atoms with Crippen LogP contribution in [0.15, 0.2) is 78.9 Å². The van der Waals surface area contributed by atoms with Crippen LogP contribution in [-0.4, -0.2) is 46.2 Å². The van der Waals surface area contributed by atoms with E-state index in [1.54, 1.807) is 0 Å². The Bertz CT molecular complexity index is 4540. The molecule has 2 N–H and O–H groups in total. The zero-order valence-electron chi connectivity index (χ0n) is 78.3. The van der Waals surface area contributed by atoms with Gasteiger partial charge < -0.3 is 9.97 Å². The molecule has 664 valence electrons. The number of nitrogens with one attached hydrogen (secondary N) is 2. The molecular weight excluding hydrogens is 1490 g/mol. The van der Waals surface area contributed by atoms with Crippen molar-refractivity contribution in [2.45, 2.75) is 465 Å². The minimum Gasteiger partial charge on any atom is -0.324 e. The van der Waals surface area contributed by atoms with Gasteiger partial charge in [0.2, 0.25) is 0 Å². The van der Waals surface area contributed by atoms with Crippen molar-refractivity contribution in [2.24, 2.45) is 0 Å². The minimum atomic E-state index is 0.595. The number of hydrogen-bond acceptors (Lipinski definition) is 7. The lowest BCUT2D eigenvalue weighted by atomic mass is 9.91. The van der Waals surface area contributed by atoms with Crippen molar-refractivity contribution in [1.29, 1.82) is 0 Å². The zero-order valence-corrected chi connectivity index (χ0v) is 78.3. The summed E-state index contributed by atoms with van der Waals surface area (Å²) in [4.78, 5) is 54.6. The summed E-state index contributed by atoms with van der Waals surface area (Å²) in [6.07, 6.45) is 86.2. The molecule has 0 amide bonds. The van der Waals surface area contributed by atoms with Crippen LogP contribution in [0.3, 0.4) is 0 Å². The summed E-state index contributed by atoms with van der Waals surface area (Å²) in [7, 11) is 0. The number of carbonyl (C=O) groups excluding carboxylic acids is 1. The maximum atomic E-state index is 11.7. The highest BCUT2D eigenvalue weighted by Gasteiger charge is 2.26. The molecule has 2 aliphatic rings. The van der Waals surface area contributed by atoms with Crippen molar-refractivity contribution < 1.29 is 4.79 Å². The number of carbonyl (C=O) groups is 1. The first kappa shape index (κ1) is 96.9. The number of aldehydes is 1. The number of hydrogen-bond donors (Lipinski definition) is 2. The van der Waals surface area contributed by atoms with Gasteiger partial charge in [-0.05, 0) is 177 Å². The van der Waals surface area contributed by atoms with Crippen LogP contribution in [-0.2, 0) is 38.5 Å². The summed E-state index contributed by atoms with van der Waals surface area (Å²) in [5.41, 5.74) is 18.1. The van der Waals surface area contributed by atoms with Crippen LogP contribution in [0.2, 0.25) is 0 Å². The van der Waals surface area contributed by atoms with E-state index in [1.807, 2.05) is 24.3 Å². The summed E-state index contributed by atoms with van der Waals surface area (Å²) in [5.74, 6) is 9.57. The van der Waals surface area contributed by atoms with E-state index < -0.39 is 0 Å². The highest BCUT2D eigenvalue weighted by molar-refractivity contribution is 6.07. The van der Waals surface area contributed by atoms with E-state index in [-0.39, 0.29) is 0 Å². The first-order valence-corrected chi connectivity index (χ1v) is 51.8. The molecule has 122 heavy (non-hydrogen) atoms. The molecule has 0 spiro atoms. The Morgan fingerprint density at radius 1 is 0.221 bits per heavy atom. The predicted octanol–water partition coefficient (Wildman–Crippen LogP) is 34.9. The molecule has 5 heterocycles. The van der Waals surface area contributed by atoms with Crippen LogP contribution in [0.5, 0.6) is 0 Å². The maximum absolute atomic E-state index is 11.7. The summed E-state index contributed by atoms with van der Waals surface area (Å²) >= 11 is 0. The molecule has 2 aliphatic heterocycles. The molecule has 9 nitrogen and oxygen atoms in total. The molecule has 0 unspecified atom stereocenters. The lowest BCUT2D eigenvalue weighted by Gasteiger charge is -2.13. The smallest absolute Gasteiger partial charge is 0.164 e. The number of aromatic nitrogens is 8. The molecule has 0 saturated heterocycles. The van der Waals surface area contributed by atoms with Gasteiger partial charge in [-0.3, -0.25) is 4.79 Å². The number of rotatable bonds is 67. The highest BCUT2D eigenvalue weighted by atomic mass is 16.1. The summed E-state index contributed by atoms with van der Waals surface area (Å²) < 4.78 is 0. The number of H-pyrrole nitrogens is 2. The lowest BCUT2D eigenvalue weighted by molar-refractivity contribution is 0.112. The Hall–Kier alpha value is -7.31. The SMILES string of the molecule is CCCCCCCCCCCCc1cc2c(cc1CCCCCCCCCCCC)-c1nc-2nc2[nH]c(nc3nc(nc4[nH]c(n1)c1cc(CCCCCCCCCCCC)c(CCCCCCCCCCCC)cc41)-c1cc(C#Cc4ccc(C=O)cc4)ccc1-3)c1cc(CCCCCCCCCCCC)c(CCCCCCCCCCCC)cc21. The van der Waals surface area contributed by atoms with E-state index in [2.05, 4.69) is 118 Å². The highest BCUT2D eigenvalue weighted by Crippen LogP contribution is 2.42. The quantitative estimate of drug-likeness (QED) is 0.0221. The van der Waals surface area contributed by atoms with E-state index in [4.69, 9.17) is 29.9 Å². The van der Waals surface area contributed by atoms with Crippen molar-refractivity contribution in [2.75, 3.05) is 0 Å². The molecule has 0 atom stereocenters. The molecule has 8 bridgehead atoms. The molecule has 0 saturated carbocycles. The Morgan fingerprint density at radius 3 is 0.672 bits per heavy atom. The number of aromatic amines is 2. The van der Waals surface area contributed by atoms with E-state index in [0.717, 1.165) is 128 Å². The van der Waals surface area contributed by atoms with Gasteiger partial charge in [0, 0.05) is 60.5 Å². The summed E-state index contributed by atoms with van der Waals surface area (Å²) in [6.45, 7) is 13.9. The third-order valence-corrected chi connectivity index (χ3v) is 27.0. The number of fused-ring (bicyclic) bond motifs is 20. The Morgan fingerprint density at radius 2 is 0.426 bits per heavy atom. The third-order valence-electron chi connectivity index (χ3n) is 27.0. The van der Waals surface area contributed by atoms with Gasteiger partial charge in [0.05, 0.1) is 0 Å². The Balaban J connectivity index is 1.15. The summed E-state index contributed by atoms with van der Waals surface area (Å²) in [6, 6.07) is 29.1. The fourth-order valence-electron chi connectivity index (χ4n) is 19.3. The number of nitrogens with zero attached hydrogens (tertiary/aromatic N) is 6. The van der Waals surface area contributed by atoms with E-state index >= 15 is 0 Å². The number of benzene rings is 5. The van der Waals surface area contributed by atoms with E-state index in [0.29, 0.717) is 23.0 Å². The van der Waals surface area contributed by atoms with Crippen LogP contribution in [0.4, 0.5) is 0 Å². The molecule has 0 fully saturated rings. The minimum absolute atomic E-state index is 0.595. The largest absolute Gasteiger partial charge is 0.324 e. The fraction of sp³-hybridized carbons (Fsp3) is 0.637. The second-order valence-electron chi connectivity index (χ2n) is 37.5. The Kier molecular flexibility index (Phi) is 46.1. The van der Waals surface area contributed by atoms with Crippen LogP contribution in [0.1, 0.15) is 482 Å². The second kappa shape index (κ2) is 58.1. The molecule has 0 radical (unpaired) electrons. The average Bonchev–Trinajstić information content (AvgIpc) is 1.59. The van der Waals surface area contributed by atoms with Crippen LogP contribution >= 0.6 is 0 Å². The van der Waals surface area contributed by atoms with Crippen LogP contribution in [0, 0.1) is 11.8 Å². The number of unbranched alkanes of at least 4 members (excludes halogenated alkanes) is 54. The first-order chi connectivity index (χ1) is 60.3. The van der Waals surface area contributed by atoms with Crippen molar-refractivity contribution in [3.05, 3.63) is 129 Å². The van der Waals surface area contributed by atoms with Crippen molar-refractivity contribution in [1.82, 2.24) is 39.9 Å².